The van der Waals surface area contributed by atoms with Crippen LogP contribution >= 0.6 is 23.1 Å². The number of amides is 1. The third-order valence-electron chi connectivity index (χ3n) is 4.50. The number of hydrogen-bond donors (Lipinski definition) is 1. The molecule has 8 nitrogen and oxygen atoms in total. The van der Waals surface area contributed by atoms with Crippen molar-refractivity contribution in [1.82, 2.24) is 9.55 Å². The highest BCUT2D eigenvalue weighted by atomic mass is 32.2. The number of para-hydroxylation sites is 2. The van der Waals surface area contributed by atoms with Crippen molar-refractivity contribution in [1.29, 1.82) is 0 Å². The molecule has 0 saturated heterocycles. The SMILES string of the molecule is Cn1c(SCC(=O)Nc2ccccc2[N+](=O)[O-])nc2sc(-c3ccccc3)cc2c1=O. The van der Waals surface area contributed by atoms with Gasteiger partial charge in [0, 0.05) is 18.0 Å². The normalized spacial score (nSPS) is 10.9. The van der Waals surface area contributed by atoms with Crippen molar-refractivity contribution >= 4 is 50.6 Å². The highest BCUT2D eigenvalue weighted by Gasteiger charge is 2.17. The topological polar surface area (TPSA) is 107 Å². The molecule has 2 heterocycles. The number of nitro benzene ring substituents is 1. The smallest absolute Gasteiger partial charge is 0.292 e. The van der Waals surface area contributed by atoms with E-state index in [9.17, 15) is 19.7 Å². The van der Waals surface area contributed by atoms with Gasteiger partial charge in [-0.3, -0.25) is 24.3 Å². The predicted octanol–water partition coefficient (Wildman–Crippen LogP) is 4.30. The van der Waals surface area contributed by atoms with E-state index in [4.69, 9.17) is 0 Å². The monoisotopic (exact) mass is 452 g/mol. The van der Waals surface area contributed by atoms with Crippen molar-refractivity contribution in [3.63, 3.8) is 0 Å². The highest BCUT2D eigenvalue weighted by molar-refractivity contribution is 7.99. The van der Waals surface area contributed by atoms with Crippen LogP contribution in [-0.2, 0) is 11.8 Å². The third kappa shape index (κ3) is 4.35. The number of hydrogen-bond acceptors (Lipinski definition) is 7. The Hall–Kier alpha value is -3.50. The molecule has 2 aromatic heterocycles. The van der Waals surface area contributed by atoms with Gasteiger partial charge in [0.25, 0.3) is 11.2 Å². The van der Waals surface area contributed by atoms with E-state index < -0.39 is 10.8 Å². The number of nitrogens with one attached hydrogen (secondary N) is 1. The maximum absolute atomic E-state index is 12.8. The minimum absolute atomic E-state index is 0.0469. The van der Waals surface area contributed by atoms with Crippen LogP contribution in [0.3, 0.4) is 0 Å². The van der Waals surface area contributed by atoms with Gasteiger partial charge in [-0.25, -0.2) is 4.98 Å². The second kappa shape index (κ2) is 8.70. The van der Waals surface area contributed by atoms with E-state index in [2.05, 4.69) is 10.3 Å². The largest absolute Gasteiger partial charge is 0.320 e. The Morgan fingerprint density at radius 3 is 2.65 bits per heavy atom. The molecular weight excluding hydrogens is 436 g/mol. The van der Waals surface area contributed by atoms with E-state index in [1.54, 1.807) is 13.1 Å². The number of benzene rings is 2. The summed E-state index contributed by atoms with van der Waals surface area (Å²) in [4.78, 5) is 41.8. The number of fused-ring (bicyclic) bond motifs is 1. The standard InChI is InChI=1S/C21H16N4O4S2/c1-24-20(27)14-11-17(13-7-3-2-4-8-13)31-19(14)23-21(24)30-12-18(26)22-15-9-5-6-10-16(15)25(28)29/h2-11H,12H2,1H3,(H,22,26). The molecule has 0 bridgehead atoms. The molecule has 0 radical (unpaired) electrons. The van der Waals surface area contributed by atoms with E-state index in [-0.39, 0.29) is 22.7 Å². The Balaban J connectivity index is 1.55. The summed E-state index contributed by atoms with van der Waals surface area (Å²) in [5.74, 6) is -0.473. The van der Waals surface area contributed by atoms with Gasteiger partial charge in [-0.2, -0.15) is 0 Å². The summed E-state index contributed by atoms with van der Waals surface area (Å²) in [6, 6.07) is 17.5. The lowest BCUT2D eigenvalue weighted by Gasteiger charge is -2.08. The quantitative estimate of drug-likeness (QED) is 0.202. The average Bonchev–Trinajstić information content (AvgIpc) is 3.20. The second-order valence-corrected chi connectivity index (χ2v) is 8.54. The zero-order valence-corrected chi connectivity index (χ0v) is 17.9. The number of rotatable bonds is 6. The molecule has 156 valence electrons. The molecule has 1 N–H and O–H groups in total. The van der Waals surface area contributed by atoms with Crippen molar-refractivity contribution in [2.45, 2.75) is 5.16 Å². The molecular formula is C21H16N4O4S2. The molecule has 10 heteroatoms. The Kier molecular flexibility index (Phi) is 5.83. The maximum Gasteiger partial charge on any atom is 0.292 e. The minimum Gasteiger partial charge on any atom is -0.320 e. The molecule has 0 aliphatic carbocycles. The molecule has 0 aliphatic rings. The van der Waals surface area contributed by atoms with Crippen LogP contribution in [0.5, 0.6) is 0 Å². The number of anilines is 1. The Morgan fingerprint density at radius 1 is 1.19 bits per heavy atom. The number of nitro groups is 1. The van der Waals surface area contributed by atoms with Gasteiger partial charge in [0.15, 0.2) is 5.16 Å². The Morgan fingerprint density at radius 2 is 1.90 bits per heavy atom. The highest BCUT2D eigenvalue weighted by Crippen LogP contribution is 2.32. The third-order valence-corrected chi connectivity index (χ3v) is 6.61. The minimum atomic E-state index is -0.553. The molecule has 31 heavy (non-hydrogen) atoms. The first-order valence-corrected chi connectivity index (χ1v) is 11.0. The van der Waals surface area contributed by atoms with Gasteiger partial charge >= 0.3 is 0 Å². The van der Waals surface area contributed by atoms with Crippen molar-refractivity contribution in [2.24, 2.45) is 7.05 Å². The van der Waals surface area contributed by atoms with E-state index >= 15 is 0 Å². The second-order valence-electron chi connectivity index (χ2n) is 6.57. The van der Waals surface area contributed by atoms with Gasteiger partial charge < -0.3 is 5.32 Å². The molecule has 0 atom stereocenters. The summed E-state index contributed by atoms with van der Waals surface area (Å²) in [5.41, 5.74) is 0.761. The first-order valence-electron chi connectivity index (χ1n) is 9.16. The lowest BCUT2D eigenvalue weighted by molar-refractivity contribution is -0.383. The zero-order chi connectivity index (χ0) is 22.0. The van der Waals surface area contributed by atoms with E-state index in [1.165, 1.54) is 34.1 Å². The lowest BCUT2D eigenvalue weighted by atomic mass is 10.2. The number of thioether (sulfide) groups is 1. The molecule has 0 aliphatic heterocycles. The zero-order valence-electron chi connectivity index (χ0n) is 16.3. The van der Waals surface area contributed by atoms with Crippen molar-refractivity contribution in [3.05, 3.63) is 81.1 Å². The van der Waals surface area contributed by atoms with Gasteiger partial charge in [0.05, 0.1) is 16.1 Å². The summed E-state index contributed by atoms with van der Waals surface area (Å²) in [6.45, 7) is 0. The number of carbonyl (C=O) groups excluding carboxylic acids is 1. The van der Waals surface area contributed by atoms with Gasteiger partial charge in [0.1, 0.15) is 10.5 Å². The summed E-state index contributed by atoms with van der Waals surface area (Å²) >= 11 is 2.52. The van der Waals surface area contributed by atoms with Crippen LogP contribution in [-0.4, -0.2) is 26.1 Å². The van der Waals surface area contributed by atoms with Crippen LogP contribution in [0.15, 0.2) is 70.6 Å². The first kappa shape index (κ1) is 20.8. The summed E-state index contributed by atoms with van der Waals surface area (Å²) < 4.78 is 1.41. The molecule has 0 unspecified atom stereocenters. The number of nitrogens with zero attached hydrogens (tertiary/aromatic N) is 3. The molecule has 4 rings (SSSR count). The summed E-state index contributed by atoms with van der Waals surface area (Å²) in [7, 11) is 1.61. The molecule has 0 spiro atoms. The molecule has 2 aromatic carbocycles. The van der Waals surface area contributed by atoms with E-state index in [1.807, 2.05) is 36.4 Å². The van der Waals surface area contributed by atoms with Crippen molar-refractivity contribution in [2.75, 3.05) is 11.1 Å². The van der Waals surface area contributed by atoms with Crippen molar-refractivity contribution < 1.29 is 9.72 Å². The van der Waals surface area contributed by atoms with E-state index in [0.29, 0.717) is 15.4 Å². The maximum atomic E-state index is 12.8. The molecule has 0 saturated carbocycles. The summed E-state index contributed by atoms with van der Waals surface area (Å²) in [6.07, 6.45) is 0. The summed E-state index contributed by atoms with van der Waals surface area (Å²) in [5, 5.41) is 14.6. The van der Waals surface area contributed by atoms with Gasteiger partial charge in [-0.05, 0) is 17.7 Å². The van der Waals surface area contributed by atoms with Gasteiger partial charge in [0.2, 0.25) is 5.91 Å². The van der Waals surface area contributed by atoms with Crippen LogP contribution < -0.4 is 10.9 Å². The van der Waals surface area contributed by atoms with E-state index in [0.717, 1.165) is 22.2 Å². The van der Waals surface area contributed by atoms with Gasteiger partial charge in [-0.15, -0.1) is 11.3 Å². The van der Waals surface area contributed by atoms with Crippen LogP contribution in [0, 0.1) is 10.1 Å². The lowest BCUT2D eigenvalue weighted by Crippen LogP contribution is -2.21. The fourth-order valence-electron chi connectivity index (χ4n) is 2.98. The van der Waals surface area contributed by atoms with Crippen LogP contribution in [0.2, 0.25) is 0 Å². The number of thiophene rings is 1. The molecule has 1 amide bonds. The molecule has 4 aromatic rings. The first-order chi connectivity index (χ1) is 14.9. The molecule has 0 fully saturated rings. The van der Waals surface area contributed by atoms with Crippen molar-refractivity contribution in [3.8, 4) is 10.4 Å². The Labute approximate surface area is 184 Å². The average molecular weight is 453 g/mol. The van der Waals surface area contributed by atoms with Crippen LogP contribution in [0.25, 0.3) is 20.7 Å². The van der Waals surface area contributed by atoms with Gasteiger partial charge in [-0.1, -0.05) is 54.2 Å². The van der Waals surface area contributed by atoms with Crippen LogP contribution in [0.1, 0.15) is 0 Å². The fraction of sp³-hybridized carbons (Fsp3) is 0.0952. The number of aromatic nitrogens is 2. The number of carbonyl (C=O) groups is 1. The predicted molar refractivity (Wildman–Crippen MR) is 123 cm³/mol. The van der Waals surface area contributed by atoms with Crippen LogP contribution in [0.4, 0.5) is 11.4 Å². The fourth-order valence-corrected chi connectivity index (χ4v) is 4.83. The Bertz CT molecular complexity index is 1350.